The van der Waals surface area contributed by atoms with E-state index in [0.717, 1.165) is 0 Å². The largest absolute Gasteiger partial charge is 0.380 e. The summed E-state index contributed by atoms with van der Waals surface area (Å²) in [7, 11) is 0. The minimum Gasteiger partial charge on any atom is -0.380 e. The van der Waals surface area contributed by atoms with Crippen LogP contribution in [0, 0.1) is 0 Å². The van der Waals surface area contributed by atoms with E-state index in [0.29, 0.717) is 19.7 Å². The van der Waals surface area contributed by atoms with Crippen molar-refractivity contribution in [3.63, 3.8) is 0 Å². The van der Waals surface area contributed by atoms with Crippen molar-refractivity contribution in [1.29, 1.82) is 0 Å². The Morgan fingerprint density at radius 2 is 2.00 bits per heavy atom. The summed E-state index contributed by atoms with van der Waals surface area (Å²) in [5.41, 5.74) is 5.14. The summed E-state index contributed by atoms with van der Waals surface area (Å²) < 4.78 is 33.3. The van der Waals surface area contributed by atoms with E-state index in [1.165, 1.54) is 0 Å². The van der Waals surface area contributed by atoms with Crippen molar-refractivity contribution in [1.82, 2.24) is 3.53 Å². The van der Waals surface area contributed by atoms with E-state index >= 15 is 0 Å². The molecular weight excluding hydrogens is 293 g/mol. The maximum Gasteiger partial charge on any atom is 0.251 e. The quantitative estimate of drug-likeness (QED) is 0.404. The van der Waals surface area contributed by atoms with Crippen molar-refractivity contribution in [3.8, 4) is 0 Å². The molecule has 0 aromatic heterocycles. The van der Waals surface area contributed by atoms with Crippen LogP contribution < -0.4 is 9.26 Å². The summed E-state index contributed by atoms with van der Waals surface area (Å²) in [6, 6.07) is 0. The van der Waals surface area contributed by atoms with Gasteiger partial charge in [0.05, 0.1) is 13.2 Å². The van der Waals surface area contributed by atoms with E-state index in [9.17, 15) is 8.78 Å². The van der Waals surface area contributed by atoms with E-state index in [-0.39, 0.29) is 19.4 Å². The molecule has 0 bridgehead atoms. The van der Waals surface area contributed by atoms with Gasteiger partial charge in [0.15, 0.2) is 0 Å². The van der Waals surface area contributed by atoms with Gasteiger partial charge < -0.3 is 10.5 Å². The van der Waals surface area contributed by atoms with E-state index < -0.39 is 5.92 Å². The van der Waals surface area contributed by atoms with Gasteiger partial charge >= 0.3 is 0 Å². The zero-order valence-electron chi connectivity index (χ0n) is 7.36. The van der Waals surface area contributed by atoms with Crippen LogP contribution in [0.3, 0.4) is 0 Å². The Hall–Kier alpha value is 0.470. The van der Waals surface area contributed by atoms with Crippen LogP contribution >= 0.6 is 22.9 Å². The number of ether oxygens (including phenoxy) is 1. The third-order valence-corrected chi connectivity index (χ3v) is 2.00. The van der Waals surface area contributed by atoms with Gasteiger partial charge in [0.2, 0.25) is 0 Å². The van der Waals surface area contributed by atoms with Crippen LogP contribution in [0.25, 0.3) is 0 Å². The van der Waals surface area contributed by atoms with Gasteiger partial charge in [0, 0.05) is 48.8 Å². The fourth-order valence-corrected chi connectivity index (χ4v) is 1.03. The molecule has 0 aromatic carbocycles. The molecule has 0 heterocycles. The minimum atomic E-state index is -2.63. The van der Waals surface area contributed by atoms with E-state index in [1.54, 1.807) is 0 Å². The highest BCUT2D eigenvalue weighted by Gasteiger charge is 2.27. The fraction of sp³-hybridized carbons (Fsp3) is 1.00. The van der Waals surface area contributed by atoms with Crippen LogP contribution in [-0.2, 0) is 4.74 Å². The zero-order chi connectivity index (χ0) is 10.2. The van der Waals surface area contributed by atoms with Crippen LogP contribution in [0.15, 0.2) is 0 Å². The van der Waals surface area contributed by atoms with Gasteiger partial charge in [-0.3, -0.25) is 3.53 Å². The molecule has 0 aliphatic heterocycles. The second-order valence-corrected chi connectivity index (χ2v) is 3.40. The minimum absolute atomic E-state index is 0.0748. The van der Waals surface area contributed by atoms with Gasteiger partial charge in [-0.05, 0) is 0 Å². The zero-order valence-corrected chi connectivity index (χ0v) is 9.52. The average molecular weight is 308 g/mol. The molecule has 0 amide bonds. The van der Waals surface area contributed by atoms with Crippen molar-refractivity contribution in [2.24, 2.45) is 5.73 Å². The Bertz CT molecular complexity index is 127. The summed E-state index contributed by atoms with van der Waals surface area (Å²) in [4.78, 5) is 0. The topological polar surface area (TPSA) is 47.3 Å². The fourth-order valence-electron chi connectivity index (χ4n) is 0.762. The van der Waals surface area contributed by atoms with Gasteiger partial charge in [0.25, 0.3) is 5.92 Å². The highest BCUT2D eigenvalue weighted by Crippen LogP contribution is 2.22. The lowest BCUT2D eigenvalue weighted by atomic mass is 10.2. The lowest BCUT2D eigenvalue weighted by Gasteiger charge is -2.15. The standard InChI is InChI=1S/C7H15F2IN2O/c8-7(9,1-4-12-10)2-5-13-6-3-11/h12H,1-6,11H2. The van der Waals surface area contributed by atoms with Gasteiger partial charge in [0.1, 0.15) is 0 Å². The maximum absolute atomic E-state index is 12.9. The number of alkyl halides is 2. The van der Waals surface area contributed by atoms with Crippen molar-refractivity contribution in [3.05, 3.63) is 0 Å². The molecule has 0 aliphatic carbocycles. The van der Waals surface area contributed by atoms with Crippen LogP contribution in [0.1, 0.15) is 12.8 Å². The summed E-state index contributed by atoms with van der Waals surface area (Å²) in [6.07, 6.45) is -0.382. The maximum atomic E-state index is 12.9. The summed E-state index contributed by atoms with van der Waals surface area (Å²) in [5.74, 6) is -2.63. The van der Waals surface area contributed by atoms with E-state index in [1.807, 2.05) is 22.9 Å². The molecule has 80 valence electrons. The third kappa shape index (κ3) is 8.79. The van der Waals surface area contributed by atoms with Crippen LogP contribution in [0.5, 0.6) is 0 Å². The predicted molar refractivity (Wildman–Crippen MR) is 56.1 cm³/mol. The molecule has 0 unspecified atom stereocenters. The van der Waals surface area contributed by atoms with E-state index in [2.05, 4.69) is 3.53 Å². The number of nitrogens with two attached hydrogens (primary N) is 1. The molecule has 0 atom stereocenters. The summed E-state index contributed by atoms with van der Waals surface area (Å²) in [6.45, 7) is 1.11. The van der Waals surface area contributed by atoms with Crippen LogP contribution in [0.4, 0.5) is 8.78 Å². The molecule has 0 aromatic rings. The number of rotatable bonds is 8. The molecule has 0 aliphatic rings. The highest BCUT2D eigenvalue weighted by molar-refractivity contribution is 14.1. The van der Waals surface area contributed by atoms with Crippen molar-refractivity contribution in [2.45, 2.75) is 18.8 Å². The predicted octanol–water partition coefficient (Wildman–Crippen LogP) is 1.32. The summed E-state index contributed by atoms with van der Waals surface area (Å²) in [5, 5.41) is 0. The Balaban J connectivity index is 3.39. The SMILES string of the molecule is NCCOCCC(F)(F)CCNI. The first-order valence-electron chi connectivity index (χ1n) is 4.11. The first-order valence-corrected chi connectivity index (χ1v) is 5.19. The smallest absolute Gasteiger partial charge is 0.251 e. The second kappa shape index (κ2) is 7.84. The number of halogens is 3. The monoisotopic (exact) mass is 308 g/mol. The van der Waals surface area contributed by atoms with Gasteiger partial charge in [-0.2, -0.15) is 0 Å². The molecule has 0 radical (unpaired) electrons. The lowest BCUT2D eigenvalue weighted by molar-refractivity contribution is -0.0372. The molecule has 13 heavy (non-hydrogen) atoms. The molecule has 3 N–H and O–H groups in total. The van der Waals surface area contributed by atoms with Gasteiger partial charge in [-0.1, -0.05) is 0 Å². The first-order chi connectivity index (χ1) is 6.12. The average Bonchev–Trinajstić information content (AvgIpc) is 2.09. The molecule has 0 saturated carbocycles. The Labute approximate surface area is 90.9 Å². The number of nitrogens with one attached hydrogen (secondary N) is 1. The molecule has 6 heteroatoms. The molecule has 0 spiro atoms. The second-order valence-electron chi connectivity index (χ2n) is 2.64. The normalized spacial score (nSPS) is 12.0. The number of hydrogen-bond donors (Lipinski definition) is 2. The Morgan fingerprint density at radius 3 is 2.54 bits per heavy atom. The molecule has 0 rings (SSSR count). The van der Waals surface area contributed by atoms with Crippen molar-refractivity contribution < 1.29 is 13.5 Å². The van der Waals surface area contributed by atoms with Gasteiger partial charge in [-0.15, -0.1) is 0 Å². The lowest BCUT2D eigenvalue weighted by Crippen LogP contribution is -2.23. The highest BCUT2D eigenvalue weighted by atomic mass is 127. The van der Waals surface area contributed by atoms with Crippen molar-refractivity contribution in [2.75, 3.05) is 26.3 Å². The van der Waals surface area contributed by atoms with E-state index in [4.69, 9.17) is 10.5 Å². The van der Waals surface area contributed by atoms with Crippen molar-refractivity contribution >= 4 is 22.9 Å². The van der Waals surface area contributed by atoms with Crippen LogP contribution in [-0.4, -0.2) is 32.2 Å². The molecule has 0 fully saturated rings. The molecular formula is C7H15F2IN2O. The number of hydrogen-bond acceptors (Lipinski definition) is 3. The molecule has 0 saturated heterocycles. The van der Waals surface area contributed by atoms with Gasteiger partial charge in [-0.25, -0.2) is 8.78 Å². The van der Waals surface area contributed by atoms with Crippen LogP contribution in [0.2, 0.25) is 0 Å². The third-order valence-electron chi connectivity index (χ3n) is 1.46. The summed E-state index contributed by atoms with van der Waals surface area (Å²) >= 11 is 1.85. The molecule has 3 nitrogen and oxygen atoms in total. The first kappa shape index (κ1) is 13.5. The Morgan fingerprint density at radius 1 is 1.31 bits per heavy atom. The Kier molecular flexibility index (Phi) is 8.12.